The van der Waals surface area contributed by atoms with E-state index in [0.717, 1.165) is 6.42 Å². The molecule has 2 heteroatoms. The van der Waals surface area contributed by atoms with Crippen molar-refractivity contribution in [3.05, 3.63) is 36.0 Å². The predicted molar refractivity (Wildman–Crippen MR) is 69.7 cm³/mol. The SMILES string of the molecule is CC(N)Cc1ccc2c(ccn2C(C)C)c1. The quantitative estimate of drug-likeness (QED) is 0.839. The van der Waals surface area contributed by atoms with Crippen LogP contribution < -0.4 is 5.73 Å². The fourth-order valence-corrected chi connectivity index (χ4v) is 2.16. The van der Waals surface area contributed by atoms with Crippen LogP contribution in [0.2, 0.25) is 0 Å². The van der Waals surface area contributed by atoms with E-state index in [-0.39, 0.29) is 6.04 Å². The molecule has 2 rings (SSSR count). The molecule has 0 saturated carbocycles. The van der Waals surface area contributed by atoms with E-state index < -0.39 is 0 Å². The number of nitrogens with zero attached hydrogens (tertiary/aromatic N) is 1. The van der Waals surface area contributed by atoms with Gasteiger partial charge in [0.25, 0.3) is 0 Å². The Morgan fingerprint density at radius 2 is 1.94 bits per heavy atom. The lowest BCUT2D eigenvalue weighted by molar-refractivity contribution is 0.623. The lowest BCUT2D eigenvalue weighted by atomic mass is 10.1. The van der Waals surface area contributed by atoms with Crippen molar-refractivity contribution < 1.29 is 0 Å². The molecule has 0 radical (unpaired) electrons. The molecule has 0 amide bonds. The zero-order chi connectivity index (χ0) is 11.7. The topological polar surface area (TPSA) is 30.9 Å². The average Bonchev–Trinajstić information content (AvgIpc) is 2.59. The third-order valence-corrected chi connectivity index (χ3v) is 2.90. The number of nitrogens with two attached hydrogens (primary N) is 1. The van der Waals surface area contributed by atoms with Crippen molar-refractivity contribution >= 4 is 10.9 Å². The highest BCUT2D eigenvalue weighted by molar-refractivity contribution is 5.81. The molecule has 0 saturated heterocycles. The number of hydrogen-bond donors (Lipinski definition) is 1. The van der Waals surface area contributed by atoms with E-state index in [0.29, 0.717) is 6.04 Å². The second kappa shape index (κ2) is 4.30. The third kappa shape index (κ3) is 2.12. The van der Waals surface area contributed by atoms with Gasteiger partial charge < -0.3 is 10.3 Å². The zero-order valence-corrected chi connectivity index (χ0v) is 10.3. The first-order chi connectivity index (χ1) is 7.58. The summed E-state index contributed by atoms with van der Waals surface area (Å²) in [5, 5.41) is 1.31. The molecule has 1 atom stereocenters. The van der Waals surface area contributed by atoms with E-state index >= 15 is 0 Å². The Balaban J connectivity index is 2.41. The molecule has 16 heavy (non-hydrogen) atoms. The van der Waals surface area contributed by atoms with Crippen LogP contribution in [0.3, 0.4) is 0 Å². The first-order valence-corrected chi connectivity index (χ1v) is 5.93. The van der Waals surface area contributed by atoms with Crippen LogP contribution in [0.25, 0.3) is 10.9 Å². The van der Waals surface area contributed by atoms with Gasteiger partial charge in [-0.3, -0.25) is 0 Å². The van der Waals surface area contributed by atoms with Crippen LogP contribution in [0.4, 0.5) is 0 Å². The molecule has 0 aliphatic carbocycles. The summed E-state index contributed by atoms with van der Waals surface area (Å²) >= 11 is 0. The highest BCUT2D eigenvalue weighted by Gasteiger charge is 2.05. The summed E-state index contributed by atoms with van der Waals surface area (Å²) in [6.45, 7) is 6.45. The van der Waals surface area contributed by atoms with Crippen molar-refractivity contribution in [1.29, 1.82) is 0 Å². The molecule has 0 spiro atoms. The Morgan fingerprint density at radius 3 is 2.56 bits per heavy atom. The second-order valence-corrected chi connectivity index (χ2v) is 4.89. The molecular formula is C14H20N2. The summed E-state index contributed by atoms with van der Waals surface area (Å²) in [6, 6.07) is 9.55. The predicted octanol–water partition coefficient (Wildman–Crippen LogP) is 3.11. The van der Waals surface area contributed by atoms with Gasteiger partial charge in [-0.25, -0.2) is 0 Å². The van der Waals surface area contributed by atoms with Gasteiger partial charge in [0.15, 0.2) is 0 Å². The molecule has 0 fully saturated rings. The number of fused-ring (bicyclic) bond motifs is 1. The van der Waals surface area contributed by atoms with Gasteiger partial charge in [0.05, 0.1) is 0 Å². The van der Waals surface area contributed by atoms with Gasteiger partial charge in [-0.15, -0.1) is 0 Å². The van der Waals surface area contributed by atoms with Gasteiger partial charge in [-0.2, -0.15) is 0 Å². The minimum atomic E-state index is 0.227. The van der Waals surface area contributed by atoms with Crippen LogP contribution in [0.1, 0.15) is 32.4 Å². The van der Waals surface area contributed by atoms with Crippen molar-refractivity contribution in [2.45, 2.75) is 39.3 Å². The summed E-state index contributed by atoms with van der Waals surface area (Å²) in [4.78, 5) is 0. The van der Waals surface area contributed by atoms with Crippen LogP contribution >= 0.6 is 0 Å². The molecule has 2 N–H and O–H groups in total. The van der Waals surface area contributed by atoms with E-state index in [2.05, 4.69) is 48.9 Å². The third-order valence-electron chi connectivity index (χ3n) is 2.90. The fraction of sp³-hybridized carbons (Fsp3) is 0.429. The maximum atomic E-state index is 5.82. The van der Waals surface area contributed by atoms with E-state index in [1.54, 1.807) is 0 Å². The molecule has 0 bridgehead atoms. The molecule has 0 aliphatic rings. The van der Waals surface area contributed by atoms with Gasteiger partial charge in [0.2, 0.25) is 0 Å². The summed E-state index contributed by atoms with van der Waals surface area (Å²) < 4.78 is 2.30. The van der Waals surface area contributed by atoms with Gasteiger partial charge in [-0.05, 0) is 56.3 Å². The van der Waals surface area contributed by atoms with E-state index in [9.17, 15) is 0 Å². The van der Waals surface area contributed by atoms with Crippen LogP contribution in [0.5, 0.6) is 0 Å². The highest BCUT2D eigenvalue weighted by atomic mass is 15.0. The Morgan fingerprint density at radius 1 is 1.19 bits per heavy atom. The molecule has 1 aromatic heterocycles. The number of aromatic nitrogens is 1. The maximum absolute atomic E-state index is 5.82. The summed E-state index contributed by atoms with van der Waals surface area (Å²) in [6.07, 6.45) is 3.10. The molecule has 2 aromatic rings. The molecule has 1 aromatic carbocycles. The summed E-state index contributed by atoms with van der Waals surface area (Å²) in [7, 11) is 0. The normalized spacial score (nSPS) is 13.6. The maximum Gasteiger partial charge on any atom is 0.0482 e. The van der Waals surface area contributed by atoms with Gasteiger partial charge in [0.1, 0.15) is 0 Å². The van der Waals surface area contributed by atoms with Crippen LogP contribution in [-0.2, 0) is 6.42 Å². The first kappa shape index (κ1) is 11.2. The van der Waals surface area contributed by atoms with Crippen molar-refractivity contribution in [1.82, 2.24) is 4.57 Å². The minimum absolute atomic E-state index is 0.227. The Bertz CT molecular complexity index is 480. The lowest BCUT2D eigenvalue weighted by Gasteiger charge is -2.10. The smallest absolute Gasteiger partial charge is 0.0482 e. The molecule has 86 valence electrons. The Kier molecular flexibility index (Phi) is 3.01. The highest BCUT2D eigenvalue weighted by Crippen LogP contribution is 2.21. The standard InChI is InChI=1S/C14H20N2/c1-10(2)16-7-6-13-9-12(8-11(3)15)4-5-14(13)16/h4-7,9-11H,8,15H2,1-3H3. The number of benzene rings is 1. The Labute approximate surface area is 97.1 Å². The number of rotatable bonds is 3. The van der Waals surface area contributed by atoms with Crippen molar-refractivity contribution in [2.24, 2.45) is 5.73 Å². The molecule has 2 nitrogen and oxygen atoms in total. The Hall–Kier alpha value is -1.28. The average molecular weight is 216 g/mol. The van der Waals surface area contributed by atoms with Crippen molar-refractivity contribution in [2.75, 3.05) is 0 Å². The van der Waals surface area contributed by atoms with Crippen molar-refractivity contribution in [3.63, 3.8) is 0 Å². The van der Waals surface area contributed by atoms with E-state index in [1.165, 1.54) is 16.5 Å². The summed E-state index contributed by atoms with van der Waals surface area (Å²) in [5.74, 6) is 0. The van der Waals surface area contributed by atoms with Crippen LogP contribution in [-0.4, -0.2) is 10.6 Å². The summed E-state index contributed by atoms with van der Waals surface area (Å²) in [5.41, 5.74) is 8.45. The first-order valence-electron chi connectivity index (χ1n) is 5.93. The molecule has 1 unspecified atom stereocenters. The van der Waals surface area contributed by atoms with Crippen LogP contribution in [0, 0.1) is 0 Å². The number of hydrogen-bond acceptors (Lipinski definition) is 1. The fourth-order valence-electron chi connectivity index (χ4n) is 2.16. The lowest BCUT2D eigenvalue weighted by Crippen LogP contribution is -2.17. The minimum Gasteiger partial charge on any atom is -0.345 e. The largest absolute Gasteiger partial charge is 0.345 e. The zero-order valence-electron chi connectivity index (χ0n) is 10.3. The van der Waals surface area contributed by atoms with Gasteiger partial charge in [-0.1, -0.05) is 6.07 Å². The second-order valence-electron chi connectivity index (χ2n) is 4.89. The molecule has 0 aliphatic heterocycles. The van der Waals surface area contributed by atoms with E-state index in [1.807, 2.05) is 6.92 Å². The van der Waals surface area contributed by atoms with Gasteiger partial charge >= 0.3 is 0 Å². The monoisotopic (exact) mass is 216 g/mol. The molecular weight excluding hydrogens is 196 g/mol. The van der Waals surface area contributed by atoms with Crippen molar-refractivity contribution in [3.8, 4) is 0 Å². The van der Waals surface area contributed by atoms with Gasteiger partial charge in [0, 0.05) is 23.8 Å². The van der Waals surface area contributed by atoms with Crippen LogP contribution in [0.15, 0.2) is 30.5 Å². The molecule has 1 heterocycles. The van der Waals surface area contributed by atoms with E-state index in [4.69, 9.17) is 5.73 Å².